The van der Waals surface area contributed by atoms with Gasteiger partial charge in [-0.05, 0) is 62.1 Å². The highest BCUT2D eigenvalue weighted by Crippen LogP contribution is 2.34. The van der Waals surface area contributed by atoms with Crippen molar-refractivity contribution in [3.63, 3.8) is 0 Å². The van der Waals surface area contributed by atoms with Gasteiger partial charge in [0.1, 0.15) is 0 Å². The largest absolute Gasteiger partial charge is 0.337 e. The Balaban J connectivity index is 1.37. The Morgan fingerprint density at radius 3 is 2.23 bits per heavy atom. The van der Waals surface area contributed by atoms with Crippen molar-refractivity contribution in [1.82, 2.24) is 19.6 Å². The second-order valence-electron chi connectivity index (χ2n) is 11.4. The first kappa shape index (κ1) is 28.1. The number of nitrogens with zero attached hydrogens (tertiary/aromatic N) is 5. The third kappa shape index (κ3) is 7.82. The van der Waals surface area contributed by atoms with Crippen LogP contribution in [0.4, 0.5) is 5.69 Å². The van der Waals surface area contributed by atoms with E-state index in [1.165, 1.54) is 5.56 Å². The van der Waals surface area contributed by atoms with Crippen LogP contribution in [0.5, 0.6) is 0 Å². The molecule has 0 spiro atoms. The summed E-state index contributed by atoms with van der Waals surface area (Å²) in [6.45, 7) is 8.85. The van der Waals surface area contributed by atoms with Gasteiger partial charge in [0.05, 0.1) is 6.54 Å². The van der Waals surface area contributed by atoms with Crippen molar-refractivity contribution < 1.29 is 9.59 Å². The Hall–Kier alpha value is -2.45. The molecule has 0 radical (unpaired) electrons. The highest BCUT2D eigenvalue weighted by molar-refractivity contribution is 6.30. The zero-order chi connectivity index (χ0) is 27.2. The van der Waals surface area contributed by atoms with Crippen molar-refractivity contribution in [1.29, 1.82) is 0 Å². The van der Waals surface area contributed by atoms with Crippen molar-refractivity contribution in [2.45, 2.75) is 38.8 Å². The lowest BCUT2D eigenvalue weighted by Crippen LogP contribution is -2.49. The molecule has 2 aromatic rings. The number of carbonyl (C=O) groups is 2. The summed E-state index contributed by atoms with van der Waals surface area (Å²) in [4.78, 5) is 38.2. The predicted octanol–water partition coefficient (Wildman–Crippen LogP) is 3.96. The van der Waals surface area contributed by atoms with Crippen LogP contribution >= 0.6 is 11.6 Å². The van der Waals surface area contributed by atoms with Crippen molar-refractivity contribution >= 4 is 29.1 Å². The molecule has 0 unspecified atom stereocenters. The minimum absolute atomic E-state index is 0.145. The Bertz CT molecular complexity index is 1110. The molecular formula is C31H42ClN5O2. The van der Waals surface area contributed by atoms with Gasteiger partial charge in [-0.25, -0.2) is 0 Å². The van der Waals surface area contributed by atoms with Crippen LogP contribution in [0.1, 0.15) is 36.8 Å². The lowest BCUT2D eigenvalue weighted by molar-refractivity contribution is -0.133. The van der Waals surface area contributed by atoms with E-state index in [1.807, 2.05) is 34.1 Å². The molecule has 1 saturated carbocycles. The molecule has 2 heterocycles. The number of hydrogen-bond acceptors (Lipinski definition) is 5. The van der Waals surface area contributed by atoms with Crippen LogP contribution in [0.2, 0.25) is 5.02 Å². The number of likely N-dealkylation sites (N-methyl/N-ethyl adjacent to an activating group) is 1. The lowest BCUT2D eigenvalue weighted by atomic mass is 10.1. The fourth-order valence-corrected chi connectivity index (χ4v) is 5.78. The van der Waals surface area contributed by atoms with Gasteiger partial charge in [0, 0.05) is 82.1 Å². The zero-order valence-corrected chi connectivity index (χ0v) is 24.0. The van der Waals surface area contributed by atoms with Crippen molar-refractivity contribution in [3.8, 4) is 0 Å². The minimum atomic E-state index is 0.145. The van der Waals surface area contributed by atoms with E-state index in [1.54, 1.807) is 0 Å². The summed E-state index contributed by atoms with van der Waals surface area (Å²) in [5, 5.41) is 0.745. The van der Waals surface area contributed by atoms with Gasteiger partial charge in [-0.2, -0.15) is 0 Å². The quantitative estimate of drug-likeness (QED) is 0.563. The Morgan fingerprint density at radius 2 is 1.51 bits per heavy atom. The lowest BCUT2D eigenvalue weighted by Gasteiger charge is -2.35. The first-order valence-electron chi connectivity index (χ1n) is 14.5. The molecule has 0 atom stereocenters. The van der Waals surface area contributed by atoms with E-state index < -0.39 is 0 Å². The van der Waals surface area contributed by atoms with Crippen LogP contribution in [0.15, 0.2) is 48.5 Å². The van der Waals surface area contributed by atoms with Gasteiger partial charge in [0.25, 0.3) is 0 Å². The second kappa shape index (κ2) is 13.3. The van der Waals surface area contributed by atoms with Gasteiger partial charge in [0.15, 0.2) is 0 Å². The van der Waals surface area contributed by atoms with Gasteiger partial charge in [-0.15, -0.1) is 0 Å². The van der Waals surface area contributed by atoms with Crippen LogP contribution in [-0.4, -0.2) is 97.4 Å². The van der Waals surface area contributed by atoms with Gasteiger partial charge >= 0.3 is 0 Å². The topological polar surface area (TPSA) is 50.3 Å². The van der Waals surface area contributed by atoms with Crippen LogP contribution < -0.4 is 4.90 Å². The number of benzene rings is 2. The van der Waals surface area contributed by atoms with E-state index >= 15 is 0 Å². The van der Waals surface area contributed by atoms with Crippen LogP contribution in [0.25, 0.3) is 0 Å². The maximum atomic E-state index is 13.7. The highest BCUT2D eigenvalue weighted by atomic mass is 35.5. The normalized spacial score (nSPS) is 20.7. The summed E-state index contributed by atoms with van der Waals surface area (Å²) >= 11 is 6.12. The van der Waals surface area contributed by atoms with E-state index in [0.29, 0.717) is 26.2 Å². The fourth-order valence-electron chi connectivity index (χ4n) is 5.66. The number of piperazine rings is 1. The SMILES string of the molecule is CN1CCN(CC(=O)N2CCCN(Cc3ccc(Cl)cc3)CCCN(C(=O)C3CC3)c3ccccc3C2)CC1. The van der Waals surface area contributed by atoms with Gasteiger partial charge < -0.3 is 14.7 Å². The molecule has 3 aliphatic rings. The van der Waals surface area contributed by atoms with Crippen molar-refractivity contribution in [3.05, 3.63) is 64.7 Å². The molecular weight excluding hydrogens is 510 g/mol. The van der Waals surface area contributed by atoms with Gasteiger partial charge in [-0.3, -0.25) is 19.4 Å². The number of hydrogen-bond donors (Lipinski definition) is 0. The maximum absolute atomic E-state index is 13.7. The first-order chi connectivity index (χ1) is 19.0. The van der Waals surface area contributed by atoms with E-state index in [-0.39, 0.29) is 17.7 Å². The molecule has 2 fully saturated rings. The van der Waals surface area contributed by atoms with E-state index in [4.69, 9.17) is 11.6 Å². The van der Waals surface area contributed by atoms with Gasteiger partial charge in [0.2, 0.25) is 11.8 Å². The molecule has 1 saturated heterocycles. The number of anilines is 1. The number of amides is 2. The predicted molar refractivity (Wildman–Crippen MR) is 157 cm³/mol. The van der Waals surface area contributed by atoms with E-state index in [0.717, 1.165) is 87.8 Å². The first-order valence-corrected chi connectivity index (χ1v) is 14.9. The number of para-hydroxylation sites is 1. The molecule has 1 aliphatic carbocycles. The zero-order valence-electron chi connectivity index (χ0n) is 23.2. The van der Waals surface area contributed by atoms with Crippen molar-refractivity contribution in [2.24, 2.45) is 5.92 Å². The van der Waals surface area contributed by atoms with Crippen LogP contribution in [0.3, 0.4) is 0 Å². The summed E-state index contributed by atoms with van der Waals surface area (Å²) in [5.74, 6) is 0.556. The molecule has 7 nitrogen and oxygen atoms in total. The molecule has 2 amide bonds. The summed E-state index contributed by atoms with van der Waals surface area (Å²) in [5.41, 5.74) is 3.26. The third-order valence-electron chi connectivity index (χ3n) is 8.22. The maximum Gasteiger partial charge on any atom is 0.237 e. The monoisotopic (exact) mass is 551 g/mol. The van der Waals surface area contributed by atoms with Crippen molar-refractivity contribution in [2.75, 3.05) is 70.9 Å². The second-order valence-corrected chi connectivity index (χ2v) is 11.8. The summed E-state index contributed by atoms with van der Waals surface area (Å²) < 4.78 is 0. The van der Waals surface area contributed by atoms with Gasteiger partial charge in [-0.1, -0.05) is 41.9 Å². The number of carbonyl (C=O) groups excluding carboxylic acids is 2. The molecule has 2 aliphatic heterocycles. The number of halogens is 1. The molecule has 39 heavy (non-hydrogen) atoms. The molecule has 5 rings (SSSR count). The van der Waals surface area contributed by atoms with Crippen LogP contribution in [-0.2, 0) is 22.7 Å². The third-order valence-corrected chi connectivity index (χ3v) is 8.47. The number of fused-ring (bicyclic) bond motifs is 1. The Morgan fingerprint density at radius 1 is 0.821 bits per heavy atom. The summed E-state index contributed by atoms with van der Waals surface area (Å²) in [6.07, 6.45) is 3.78. The molecule has 210 valence electrons. The Kier molecular flexibility index (Phi) is 9.56. The summed E-state index contributed by atoms with van der Waals surface area (Å²) in [6, 6.07) is 16.3. The molecule has 0 N–H and O–H groups in total. The van der Waals surface area contributed by atoms with E-state index in [2.05, 4.69) is 46.0 Å². The average molecular weight is 552 g/mol. The molecule has 2 aromatic carbocycles. The smallest absolute Gasteiger partial charge is 0.237 e. The molecule has 0 bridgehead atoms. The standard InChI is InChI=1S/C31H42ClN5O2/c1-33-18-20-35(21-19-33)24-30(38)36-16-4-14-34(22-25-8-12-28(32)13-9-25)15-5-17-37(31(39)26-10-11-26)29-7-3-2-6-27(29)23-36/h2-3,6-9,12-13,26H,4-5,10-11,14-24H2,1H3. The van der Waals surface area contributed by atoms with Crippen LogP contribution in [0, 0.1) is 5.92 Å². The molecule has 0 aromatic heterocycles. The average Bonchev–Trinajstić information content (AvgIpc) is 3.78. The fraction of sp³-hybridized carbons (Fsp3) is 0.548. The molecule has 8 heteroatoms. The highest BCUT2D eigenvalue weighted by Gasteiger charge is 2.35. The minimum Gasteiger partial charge on any atom is -0.337 e. The van der Waals surface area contributed by atoms with E-state index in [9.17, 15) is 9.59 Å². The summed E-state index contributed by atoms with van der Waals surface area (Å²) in [7, 11) is 2.14. The number of rotatable bonds is 5. The Labute approximate surface area is 238 Å².